The van der Waals surface area contributed by atoms with Gasteiger partial charge in [0.05, 0.1) is 23.9 Å². The molecule has 2 aromatic carbocycles. The smallest absolute Gasteiger partial charge is 0.416 e. The molecular formula is C37H40F5N5O7S. The molecular weight excluding hydrogens is 753 g/mol. The lowest BCUT2D eigenvalue weighted by Crippen LogP contribution is -2.57. The summed E-state index contributed by atoms with van der Waals surface area (Å²) in [6.07, 6.45) is -0.316. The molecule has 12 nitrogen and oxygen atoms in total. The van der Waals surface area contributed by atoms with Gasteiger partial charge in [0.15, 0.2) is 0 Å². The van der Waals surface area contributed by atoms with Crippen molar-refractivity contribution in [3.05, 3.63) is 76.9 Å². The van der Waals surface area contributed by atoms with E-state index in [9.17, 15) is 49.5 Å². The summed E-state index contributed by atoms with van der Waals surface area (Å²) in [5, 5.41) is 4.73. The summed E-state index contributed by atoms with van der Waals surface area (Å²) < 4.78 is 103. The van der Waals surface area contributed by atoms with Gasteiger partial charge in [0.2, 0.25) is 21.8 Å². The Morgan fingerprint density at radius 1 is 1.00 bits per heavy atom. The Kier molecular flexibility index (Phi) is 10.3. The van der Waals surface area contributed by atoms with Gasteiger partial charge in [0, 0.05) is 30.1 Å². The molecule has 2 aliphatic carbocycles. The highest BCUT2D eigenvalue weighted by Gasteiger charge is 2.62. The van der Waals surface area contributed by atoms with Crippen molar-refractivity contribution in [2.45, 2.75) is 106 Å². The zero-order valence-corrected chi connectivity index (χ0v) is 30.4. The number of amides is 4. The number of ether oxygens (including phenoxy) is 1. The number of halogens is 5. The average molecular weight is 794 g/mol. The first-order valence-corrected chi connectivity index (χ1v) is 19.8. The second kappa shape index (κ2) is 14.7. The van der Waals surface area contributed by atoms with Gasteiger partial charge in [-0.25, -0.2) is 22.0 Å². The van der Waals surface area contributed by atoms with E-state index in [1.165, 1.54) is 17.0 Å². The number of sulfonamides is 1. The van der Waals surface area contributed by atoms with Gasteiger partial charge in [-0.15, -0.1) is 0 Å². The van der Waals surface area contributed by atoms with E-state index in [0.29, 0.717) is 61.8 Å². The van der Waals surface area contributed by atoms with Crippen LogP contribution in [0.25, 0.3) is 0 Å². The van der Waals surface area contributed by atoms with Crippen LogP contribution in [0.1, 0.15) is 74.5 Å². The lowest BCUT2D eigenvalue weighted by Gasteiger charge is -2.30. The molecule has 0 radical (unpaired) electrons. The minimum Gasteiger partial charge on any atom is -0.444 e. The first-order chi connectivity index (χ1) is 26.0. The van der Waals surface area contributed by atoms with Gasteiger partial charge in [0.25, 0.3) is 5.91 Å². The molecule has 296 valence electrons. The molecule has 1 saturated heterocycles. The fourth-order valence-corrected chi connectivity index (χ4v) is 8.98. The highest BCUT2D eigenvalue weighted by atomic mass is 32.2. The Morgan fingerprint density at radius 2 is 1.78 bits per heavy atom. The molecule has 2 aromatic rings. The molecule has 0 aromatic heterocycles. The van der Waals surface area contributed by atoms with Crippen LogP contribution in [0.15, 0.2) is 48.6 Å². The van der Waals surface area contributed by atoms with Gasteiger partial charge in [-0.3, -0.25) is 24.0 Å². The SMILES string of the molecule is O=C1N[C@]2(C(=O)NS(=O)(=O)C3CC3)C[C@H]2C=CCCCCC[C@H](Nc2cc(F)cc(C(F)(F)F)c2)C(=O)N2C[C@H](OC(=O)N3Cc4cccc(F)c4C3)C[C@@H]12. The van der Waals surface area contributed by atoms with Gasteiger partial charge < -0.3 is 20.3 Å². The summed E-state index contributed by atoms with van der Waals surface area (Å²) in [7, 11) is -3.99. The molecule has 18 heteroatoms. The Labute approximate surface area is 313 Å². The second-order valence-electron chi connectivity index (χ2n) is 14.9. The fraction of sp³-hybridized carbons (Fsp3) is 0.514. The monoisotopic (exact) mass is 793 g/mol. The Hall–Kier alpha value is -4.74. The number of fused-ring (bicyclic) bond motifs is 3. The first kappa shape index (κ1) is 38.5. The number of benzene rings is 2. The predicted octanol–water partition coefficient (Wildman–Crippen LogP) is 4.89. The van der Waals surface area contributed by atoms with E-state index < -0.39 is 92.1 Å². The molecule has 3 aliphatic heterocycles. The van der Waals surface area contributed by atoms with Crippen LogP contribution in [-0.4, -0.2) is 77.6 Å². The maximum Gasteiger partial charge on any atom is 0.416 e. The van der Waals surface area contributed by atoms with Crippen molar-refractivity contribution >= 4 is 39.5 Å². The molecule has 7 rings (SSSR count). The van der Waals surface area contributed by atoms with Crippen molar-refractivity contribution in [3.8, 4) is 0 Å². The molecule has 2 saturated carbocycles. The zero-order chi connectivity index (χ0) is 39.3. The number of alkyl halides is 3. The van der Waals surface area contributed by atoms with Crippen molar-refractivity contribution in [3.63, 3.8) is 0 Å². The molecule has 4 amide bonds. The quantitative estimate of drug-likeness (QED) is 0.276. The van der Waals surface area contributed by atoms with E-state index in [2.05, 4.69) is 15.4 Å². The summed E-state index contributed by atoms with van der Waals surface area (Å²) in [5.74, 6) is -4.74. The lowest BCUT2D eigenvalue weighted by atomic mass is 10.0. The average Bonchev–Trinajstić information content (AvgIpc) is 4.00. The third-order valence-electron chi connectivity index (χ3n) is 10.9. The van der Waals surface area contributed by atoms with Crippen LogP contribution in [0.2, 0.25) is 0 Å². The lowest BCUT2D eigenvalue weighted by molar-refractivity contribution is -0.140. The third kappa shape index (κ3) is 8.28. The van der Waals surface area contributed by atoms with E-state index in [1.807, 2.05) is 6.08 Å². The predicted molar refractivity (Wildman–Crippen MR) is 186 cm³/mol. The van der Waals surface area contributed by atoms with Crippen LogP contribution in [0, 0.1) is 17.6 Å². The van der Waals surface area contributed by atoms with Crippen molar-refractivity contribution in [2.24, 2.45) is 5.92 Å². The van der Waals surface area contributed by atoms with Gasteiger partial charge in [-0.2, -0.15) is 13.2 Å². The summed E-state index contributed by atoms with van der Waals surface area (Å²) in [6, 6.07) is 3.67. The molecule has 55 heavy (non-hydrogen) atoms. The Bertz CT molecular complexity index is 2030. The van der Waals surface area contributed by atoms with Crippen LogP contribution in [0.3, 0.4) is 0 Å². The van der Waals surface area contributed by atoms with E-state index in [4.69, 9.17) is 4.74 Å². The second-order valence-corrected chi connectivity index (χ2v) is 16.9. The molecule has 5 aliphatic rings. The first-order valence-electron chi connectivity index (χ1n) is 18.3. The van der Waals surface area contributed by atoms with Crippen molar-refractivity contribution in [2.75, 3.05) is 11.9 Å². The number of anilines is 1. The van der Waals surface area contributed by atoms with Crippen molar-refractivity contribution < 1.29 is 54.3 Å². The molecule has 0 spiro atoms. The number of rotatable bonds is 6. The molecule has 0 bridgehead atoms. The van der Waals surface area contributed by atoms with E-state index in [0.717, 1.165) is 11.0 Å². The summed E-state index contributed by atoms with van der Waals surface area (Å²) in [6.45, 7) is -0.345. The number of nitrogens with one attached hydrogen (secondary N) is 3. The number of allylic oxidation sites excluding steroid dienone is 1. The number of nitrogens with zero attached hydrogens (tertiary/aromatic N) is 2. The molecule has 5 atom stereocenters. The summed E-state index contributed by atoms with van der Waals surface area (Å²) in [4.78, 5) is 58.0. The van der Waals surface area contributed by atoms with Gasteiger partial charge in [-0.05, 0) is 68.4 Å². The van der Waals surface area contributed by atoms with Crippen LogP contribution in [0.4, 0.5) is 32.4 Å². The molecule has 0 unspecified atom stereocenters. The van der Waals surface area contributed by atoms with Crippen LogP contribution in [0.5, 0.6) is 0 Å². The number of carbonyl (C=O) groups is 4. The Balaban J connectivity index is 1.17. The number of carbonyl (C=O) groups excluding carboxylic acids is 4. The largest absolute Gasteiger partial charge is 0.444 e. The normalized spacial score (nSPS) is 27.2. The number of hydrogen-bond donors (Lipinski definition) is 3. The molecule has 3 heterocycles. The zero-order valence-electron chi connectivity index (χ0n) is 29.5. The van der Waals surface area contributed by atoms with Gasteiger partial charge in [0.1, 0.15) is 35.4 Å². The topological polar surface area (TPSA) is 154 Å². The maximum atomic E-state index is 14.4. The van der Waals surface area contributed by atoms with Crippen molar-refractivity contribution in [1.29, 1.82) is 0 Å². The molecule has 3 N–H and O–H groups in total. The van der Waals surface area contributed by atoms with Crippen LogP contribution < -0.4 is 15.4 Å². The minimum absolute atomic E-state index is 0.0566. The third-order valence-corrected chi connectivity index (χ3v) is 12.7. The van der Waals surface area contributed by atoms with E-state index in [-0.39, 0.29) is 44.6 Å². The summed E-state index contributed by atoms with van der Waals surface area (Å²) >= 11 is 0. The van der Waals surface area contributed by atoms with Gasteiger partial charge in [-0.1, -0.05) is 37.1 Å². The van der Waals surface area contributed by atoms with Crippen molar-refractivity contribution in [1.82, 2.24) is 19.8 Å². The minimum atomic E-state index is -4.88. The van der Waals surface area contributed by atoms with E-state index >= 15 is 0 Å². The van der Waals surface area contributed by atoms with Gasteiger partial charge >= 0.3 is 12.3 Å². The highest BCUT2D eigenvalue weighted by Crippen LogP contribution is 2.46. The van der Waals surface area contributed by atoms with E-state index in [1.54, 1.807) is 12.1 Å². The number of hydrogen-bond acceptors (Lipinski definition) is 8. The summed E-state index contributed by atoms with van der Waals surface area (Å²) in [5.41, 5.74) is -2.33. The maximum absolute atomic E-state index is 14.4. The highest BCUT2D eigenvalue weighted by molar-refractivity contribution is 7.91. The Morgan fingerprint density at radius 3 is 2.51 bits per heavy atom. The standard InChI is InChI=1S/C37H40F5N5O7S/c38-24-13-23(37(40,41)42)14-25(15-24)43-30-10-5-3-1-2-4-8-22-17-36(22,34(50)45-55(52,53)27-11-12-27)44-32(48)31-16-26(19-47(31)33(30)49)54-35(51)46-18-21-7-6-9-29(39)28(21)20-46/h4,6-9,13-15,22,26-27,30-31,43H,1-3,5,10-12,16-20H2,(H,44,48)(H,45,50)/t22-,26-,30+,31+,36-/m1/s1. The van der Waals surface area contributed by atoms with Crippen LogP contribution in [-0.2, 0) is 48.4 Å². The van der Waals surface area contributed by atoms with Crippen LogP contribution >= 0.6 is 0 Å². The fourth-order valence-electron chi connectivity index (χ4n) is 7.61. The molecule has 3 fully saturated rings.